The number of nitrogens with one attached hydrogen (secondary N) is 1. The van der Waals surface area contributed by atoms with Crippen LogP contribution >= 0.6 is 0 Å². The van der Waals surface area contributed by atoms with Crippen LogP contribution in [0.25, 0.3) is 0 Å². The summed E-state index contributed by atoms with van der Waals surface area (Å²) in [4.78, 5) is 8.82. The molecular formula is C14H18N4O. The average Bonchev–Trinajstić information content (AvgIpc) is 2.42. The number of methoxy groups -OCH3 is 1. The molecule has 2 heterocycles. The molecule has 2 aromatic heterocycles. The van der Waals surface area contributed by atoms with Gasteiger partial charge in [-0.1, -0.05) is 6.07 Å². The van der Waals surface area contributed by atoms with E-state index in [2.05, 4.69) is 21.5 Å². The van der Waals surface area contributed by atoms with Gasteiger partial charge in [0.25, 0.3) is 0 Å². The number of ether oxygens (including phenoxy) is 1. The lowest BCUT2D eigenvalue weighted by atomic mass is 10.0. The molecule has 19 heavy (non-hydrogen) atoms. The number of pyridine rings is 2. The first-order valence-corrected chi connectivity index (χ1v) is 6.05. The minimum atomic E-state index is -0.295. The fourth-order valence-electron chi connectivity index (χ4n) is 2.11. The zero-order chi connectivity index (χ0) is 13.8. The second kappa shape index (κ2) is 5.77. The molecule has 0 fully saturated rings. The van der Waals surface area contributed by atoms with E-state index in [1.165, 1.54) is 0 Å². The van der Waals surface area contributed by atoms with Crippen molar-refractivity contribution in [1.82, 2.24) is 15.4 Å². The molecule has 100 valence electrons. The van der Waals surface area contributed by atoms with Gasteiger partial charge in [0.2, 0.25) is 0 Å². The van der Waals surface area contributed by atoms with Crippen molar-refractivity contribution in [2.45, 2.75) is 19.9 Å². The highest BCUT2D eigenvalue weighted by atomic mass is 16.5. The second-order valence-electron chi connectivity index (χ2n) is 4.41. The Bertz CT molecular complexity index is 571. The monoisotopic (exact) mass is 258 g/mol. The van der Waals surface area contributed by atoms with Gasteiger partial charge in [0.05, 0.1) is 12.8 Å². The first-order valence-electron chi connectivity index (χ1n) is 6.05. The predicted molar refractivity (Wildman–Crippen MR) is 73.7 cm³/mol. The molecule has 1 atom stereocenters. The van der Waals surface area contributed by atoms with E-state index in [9.17, 15) is 0 Å². The zero-order valence-electron chi connectivity index (χ0n) is 11.3. The van der Waals surface area contributed by atoms with Gasteiger partial charge in [0, 0.05) is 12.4 Å². The van der Waals surface area contributed by atoms with E-state index in [-0.39, 0.29) is 6.04 Å². The minimum absolute atomic E-state index is 0.295. The summed E-state index contributed by atoms with van der Waals surface area (Å²) >= 11 is 0. The largest absolute Gasteiger partial charge is 0.495 e. The van der Waals surface area contributed by atoms with Crippen LogP contribution in [-0.4, -0.2) is 17.1 Å². The van der Waals surface area contributed by atoms with E-state index in [0.717, 1.165) is 22.5 Å². The van der Waals surface area contributed by atoms with Gasteiger partial charge >= 0.3 is 0 Å². The molecule has 5 heteroatoms. The highest BCUT2D eigenvalue weighted by Crippen LogP contribution is 2.27. The molecule has 2 aromatic rings. The number of aromatic nitrogens is 2. The van der Waals surface area contributed by atoms with Gasteiger partial charge in [0.1, 0.15) is 17.5 Å². The summed E-state index contributed by atoms with van der Waals surface area (Å²) in [6.07, 6.45) is 3.54. The third-order valence-corrected chi connectivity index (χ3v) is 2.99. The smallest absolute Gasteiger partial charge is 0.142 e. The van der Waals surface area contributed by atoms with Crippen LogP contribution in [0.1, 0.15) is 28.6 Å². The molecule has 0 aliphatic heterocycles. The molecule has 0 bridgehead atoms. The quantitative estimate of drug-likeness (QED) is 0.644. The van der Waals surface area contributed by atoms with E-state index >= 15 is 0 Å². The number of nitrogens with two attached hydrogens (primary N) is 1. The fraction of sp³-hybridized carbons (Fsp3) is 0.286. The van der Waals surface area contributed by atoms with Gasteiger partial charge in [-0.05, 0) is 37.1 Å². The number of rotatable bonds is 4. The first kappa shape index (κ1) is 13.5. The van der Waals surface area contributed by atoms with Gasteiger partial charge in [0.15, 0.2) is 0 Å². The number of hydrogen-bond donors (Lipinski definition) is 2. The average molecular weight is 258 g/mol. The van der Waals surface area contributed by atoms with Crippen LogP contribution in [0, 0.1) is 13.8 Å². The summed E-state index contributed by atoms with van der Waals surface area (Å²) in [5.41, 5.74) is 6.53. The standard InChI is InChI=1S/C14H18N4O/c1-9-7-10(2)12(17-8-9)14(18-15)13-11(19-3)5-4-6-16-13/h4-8,14,18H,15H2,1-3H3. The molecule has 0 spiro atoms. The molecule has 0 saturated carbocycles. The Morgan fingerprint density at radius 2 is 2.05 bits per heavy atom. The van der Waals surface area contributed by atoms with Gasteiger partial charge in [-0.15, -0.1) is 0 Å². The molecule has 0 amide bonds. The molecule has 0 aromatic carbocycles. The van der Waals surface area contributed by atoms with Crippen molar-refractivity contribution >= 4 is 0 Å². The van der Waals surface area contributed by atoms with Crippen molar-refractivity contribution < 1.29 is 4.74 Å². The molecule has 0 aliphatic rings. The van der Waals surface area contributed by atoms with Crippen LogP contribution in [0.3, 0.4) is 0 Å². The third-order valence-electron chi connectivity index (χ3n) is 2.99. The summed E-state index contributed by atoms with van der Waals surface area (Å²) in [5, 5.41) is 0. The van der Waals surface area contributed by atoms with Crippen molar-refractivity contribution in [3.05, 3.63) is 53.1 Å². The third kappa shape index (κ3) is 2.72. The van der Waals surface area contributed by atoms with E-state index in [1.807, 2.05) is 32.2 Å². The second-order valence-corrected chi connectivity index (χ2v) is 4.41. The Hall–Kier alpha value is -1.98. The molecule has 1 unspecified atom stereocenters. The summed E-state index contributed by atoms with van der Waals surface area (Å²) in [6.45, 7) is 4.02. The van der Waals surface area contributed by atoms with E-state index < -0.39 is 0 Å². The number of nitrogens with zero attached hydrogens (tertiary/aromatic N) is 2. The van der Waals surface area contributed by atoms with Crippen LogP contribution in [0.5, 0.6) is 5.75 Å². The molecule has 5 nitrogen and oxygen atoms in total. The summed E-state index contributed by atoms with van der Waals surface area (Å²) < 4.78 is 5.33. The van der Waals surface area contributed by atoms with Gasteiger partial charge in [-0.25, -0.2) is 5.43 Å². The van der Waals surface area contributed by atoms with Crippen LogP contribution in [0.4, 0.5) is 0 Å². The number of aryl methyl sites for hydroxylation is 2. The maximum absolute atomic E-state index is 5.68. The Morgan fingerprint density at radius 3 is 2.68 bits per heavy atom. The Balaban J connectivity index is 2.50. The summed E-state index contributed by atoms with van der Waals surface area (Å²) in [7, 11) is 1.61. The molecule has 0 saturated heterocycles. The van der Waals surface area contributed by atoms with Gasteiger partial charge < -0.3 is 4.74 Å². The van der Waals surface area contributed by atoms with Crippen LogP contribution < -0.4 is 16.0 Å². The van der Waals surface area contributed by atoms with Gasteiger partial charge in [-0.3, -0.25) is 15.8 Å². The zero-order valence-corrected chi connectivity index (χ0v) is 11.3. The van der Waals surface area contributed by atoms with Crippen molar-refractivity contribution in [2.75, 3.05) is 7.11 Å². The Kier molecular flexibility index (Phi) is 4.09. The van der Waals surface area contributed by atoms with Crippen LogP contribution in [-0.2, 0) is 0 Å². The summed E-state index contributed by atoms with van der Waals surface area (Å²) in [6, 6.07) is 5.46. The molecular weight excluding hydrogens is 240 g/mol. The molecule has 0 radical (unpaired) electrons. The SMILES string of the molecule is COc1cccnc1C(NN)c1ncc(C)cc1C. The highest BCUT2D eigenvalue weighted by Gasteiger charge is 2.21. The van der Waals surface area contributed by atoms with E-state index in [1.54, 1.807) is 13.3 Å². The van der Waals surface area contributed by atoms with Crippen molar-refractivity contribution in [2.24, 2.45) is 5.84 Å². The fourth-order valence-corrected chi connectivity index (χ4v) is 2.11. The van der Waals surface area contributed by atoms with Crippen LogP contribution in [0.15, 0.2) is 30.6 Å². The highest BCUT2D eigenvalue weighted by molar-refractivity contribution is 5.37. The lowest BCUT2D eigenvalue weighted by Gasteiger charge is -2.19. The topological polar surface area (TPSA) is 73.1 Å². The van der Waals surface area contributed by atoms with Crippen LogP contribution in [0.2, 0.25) is 0 Å². The van der Waals surface area contributed by atoms with E-state index in [0.29, 0.717) is 5.75 Å². The normalized spacial score (nSPS) is 12.2. The van der Waals surface area contributed by atoms with Gasteiger partial charge in [-0.2, -0.15) is 0 Å². The van der Waals surface area contributed by atoms with Crippen molar-refractivity contribution in [3.63, 3.8) is 0 Å². The molecule has 0 aliphatic carbocycles. The first-order chi connectivity index (χ1) is 9.17. The number of hydrogen-bond acceptors (Lipinski definition) is 5. The molecule has 3 N–H and O–H groups in total. The predicted octanol–water partition coefficient (Wildman–Crippen LogP) is 1.65. The minimum Gasteiger partial charge on any atom is -0.495 e. The Labute approximate surface area is 112 Å². The van der Waals surface area contributed by atoms with Crippen molar-refractivity contribution in [1.29, 1.82) is 0 Å². The van der Waals surface area contributed by atoms with E-state index in [4.69, 9.17) is 10.6 Å². The Morgan fingerprint density at radius 1 is 1.26 bits per heavy atom. The maximum Gasteiger partial charge on any atom is 0.142 e. The lowest BCUT2D eigenvalue weighted by Crippen LogP contribution is -2.31. The van der Waals surface area contributed by atoms with Crippen molar-refractivity contribution in [3.8, 4) is 5.75 Å². The molecule has 2 rings (SSSR count). The number of hydrazine groups is 1. The maximum atomic E-state index is 5.68. The summed E-state index contributed by atoms with van der Waals surface area (Å²) in [5.74, 6) is 6.37. The lowest BCUT2D eigenvalue weighted by molar-refractivity contribution is 0.399.